The fourth-order valence-corrected chi connectivity index (χ4v) is 4.05. The van der Waals surface area contributed by atoms with Gasteiger partial charge in [-0.25, -0.2) is 4.68 Å². The van der Waals surface area contributed by atoms with Gasteiger partial charge >= 0.3 is 0 Å². The van der Waals surface area contributed by atoms with Crippen LogP contribution in [0.1, 0.15) is 35.4 Å². The number of benzene rings is 1. The van der Waals surface area contributed by atoms with Gasteiger partial charge in [-0.3, -0.25) is 9.69 Å². The van der Waals surface area contributed by atoms with E-state index in [9.17, 15) is 4.79 Å². The van der Waals surface area contributed by atoms with Gasteiger partial charge in [-0.15, -0.1) is 5.10 Å². The maximum Gasteiger partial charge on any atom is 0.276 e. The van der Waals surface area contributed by atoms with E-state index in [1.807, 2.05) is 36.1 Å². The summed E-state index contributed by atoms with van der Waals surface area (Å²) in [5.41, 5.74) is 1.99. The first-order chi connectivity index (χ1) is 12.1. The van der Waals surface area contributed by atoms with Gasteiger partial charge in [0.25, 0.3) is 5.91 Å². The third kappa shape index (κ3) is 3.16. The van der Waals surface area contributed by atoms with Crippen LogP contribution in [-0.2, 0) is 0 Å². The van der Waals surface area contributed by atoms with Crippen molar-refractivity contribution in [2.45, 2.75) is 32.2 Å². The first kappa shape index (κ1) is 16.5. The van der Waals surface area contributed by atoms with Gasteiger partial charge in [-0.05, 0) is 57.5 Å². The van der Waals surface area contributed by atoms with E-state index in [2.05, 4.69) is 15.2 Å². The number of rotatable bonds is 3. The molecule has 7 heteroatoms. The van der Waals surface area contributed by atoms with Crippen LogP contribution in [0.25, 0.3) is 5.69 Å². The Kier molecular flexibility index (Phi) is 4.48. The molecule has 1 aromatic heterocycles. The van der Waals surface area contributed by atoms with Crippen molar-refractivity contribution < 1.29 is 4.79 Å². The summed E-state index contributed by atoms with van der Waals surface area (Å²) in [5, 5.41) is 8.95. The fourth-order valence-electron chi connectivity index (χ4n) is 3.86. The Labute approximate surface area is 152 Å². The van der Waals surface area contributed by atoms with E-state index < -0.39 is 0 Å². The minimum atomic E-state index is -0.0209. The van der Waals surface area contributed by atoms with Gasteiger partial charge in [-0.2, -0.15) is 0 Å². The molecule has 2 saturated heterocycles. The zero-order valence-corrected chi connectivity index (χ0v) is 15.1. The predicted octanol–water partition coefficient (Wildman–Crippen LogP) is 2.54. The zero-order valence-electron chi connectivity index (χ0n) is 14.4. The predicted molar refractivity (Wildman–Crippen MR) is 96.2 cm³/mol. The first-order valence-electron chi connectivity index (χ1n) is 8.85. The Morgan fingerprint density at radius 3 is 2.80 bits per heavy atom. The fraction of sp³-hybridized carbons (Fsp3) is 0.500. The SMILES string of the molecule is Cc1c(C(=O)N2CCC(N3CCCC3)C2)nnn1-c1cccc(Cl)c1. The Morgan fingerprint density at radius 1 is 1.24 bits per heavy atom. The summed E-state index contributed by atoms with van der Waals surface area (Å²) >= 11 is 6.06. The third-order valence-corrected chi connectivity index (χ3v) is 5.49. The molecule has 0 spiro atoms. The Hall–Kier alpha value is -1.92. The molecule has 0 bridgehead atoms. The number of hydrogen-bond acceptors (Lipinski definition) is 4. The van der Waals surface area contributed by atoms with Crippen LogP contribution in [0.4, 0.5) is 0 Å². The Balaban J connectivity index is 1.51. The molecule has 4 rings (SSSR count). The maximum absolute atomic E-state index is 12.9. The van der Waals surface area contributed by atoms with Crippen molar-refractivity contribution in [1.82, 2.24) is 24.8 Å². The molecular formula is C18H22ClN5O. The molecule has 0 radical (unpaired) electrons. The van der Waals surface area contributed by atoms with Crippen LogP contribution >= 0.6 is 11.6 Å². The summed E-state index contributed by atoms with van der Waals surface area (Å²) < 4.78 is 1.67. The summed E-state index contributed by atoms with van der Waals surface area (Å²) in [6.45, 7) is 5.79. The zero-order chi connectivity index (χ0) is 17.4. The molecule has 0 saturated carbocycles. The van der Waals surface area contributed by atoms with Gasteiger partial charge in [0.15, 0.2) is 5.69 Å². The molecule has 1 amide bonds. The maximum atomic E-state index is 12.9. The number of carbonyl (C=O) groups is 1. The minimum absolute atomic E-state index is 0.0209. The van der Waals surface area contributed by atoms with Crippen molar-refractivity contribution in [3.63, 3.8) is 0 Å². The first-order valence-corrected chi connectivity index (χ1v) is 9.23. The average molecular weight is 360 g/mol. The van der Waals surface area contributed by atoms with Crippen molar-refractivity contribution in [3.05, 3.63) is 40.7 Å². The highest BCUT2D eigenvalue weighted by atomic mass is 35.5. The van der Waals surface area contributed by atoms with Crippen LogP contribution < -0.4 is 0 Å². The largest absolute Gasteiger partial charge is 0.336 e. The normalized spacial score (nSPS) is 21.2. The highest BCUT2D eigenvalue weighted by Crippen LogP contribution is 2.23. The molecule has 0 aliphatic carbocycles. The van der Waals surface area contributed by atoms with E-state index in [0.717, 1.165) is 44.0 Å². The van der Waals surface area contributed by atoms with E-state index in [1.54, 1.807) is 4.68 Å². The van der Waals surface area contributed by atoms with Gasteiger partial charge in [0.1, 0.15) is 0 Å². The van der Waals surface area contributed by atoms with E-state index >= 15 is 0 Å². The second-order valence-electron chi connectivity index (χ2n) is 6.85. The molecule has 0 N–H and O–H groups in total. The monoisotopic (exact) mass is 359 g/mol. The minimum Gasteiger partial charge on any atom is -0.336 e. The van der Waals surface area contributed by atoms with Crippen molar-refractivity contribution in [2.75, 3.05) is 26.2 Å². The number of hydrogen-bond donors (Lipinski definition) is 0. The summed E-state index contributed by atoms with van der Waals surface area (Å²) in [4.78, 5) is 17.3. The summed E-state index contributed by atoms with van der Waals surface area (Å²) in [6, 6.07) is 7.89. The third-order valence-electron chi connectivity index (χ3n) is 5.26. The molecule has 1 aromatic carbocycles. The molecule has 132 valence electrons. The quantitative estimate of drug-likeness (QED) is 0.845. The summed E-state index contributed by atoms with van der Waals surface area (Å²) in [5.74, 6) is -0.0209. The van der Waals surface area contributed by atoms with Crippen molar-refractivity contribution in [1.29, 1.82) is 0 Å². The standard InChI is InChI=1S/C18H22ClN5O/c1-13-17(20-21-24(13)15-6-4-5-14(19)11-15)18(25)23-10-7-16(12-23)22-8-2-3-9-22/h4-6,11,16H,2-3,7-10,12H2,1H3. The van der Waals surface area contributed by atoms with Crippen LogP contribution in [-0.4, -0.2) is 62.9 Å². The molecule has 2 fully saturated rings. The van der Waals surface area contributed by atoms with Crippen molar-refractivity contribution in [2.24, 2.45) is 0 Å². The molecule has 1 unspecified atom stereocenters. The van der Waals surface area contributed by atoms with E-state index in [1.165, 1.54) is 12.8 Å². The van der Waals surface area contributed by atoms with Crippen LogP contribution in [0.2, 0.25) is 5.02 Å². The van der Waals surface area contributed by atoms with E-state index in [-0.39, 0.29) is 5.91 Å². The van der Waals surface area contributed by atoms with Crippen molar-refractivity contribution >= 4 is 17.5 Å². The lowest BCUT2D eigenvalue weighted by atomic mass is 10.2. The van der Waals surface area contributed by atoms with E-state index in [4.69, 9.17) is 11.6 Å². The lowest BCUT2D eigenvalue weighted by Crippen LogP contribution is -2.37. The van der Waals surface area contributed by atoms with Gasteiger partial charge in [0, 0.05) is 24.2 Å². The molecule has 2 aliphatic heterocycles. The molecule has 2 aromatic rings. The highest BCUT2D eigenvalue weighted by Gasteiger charge is 2.33. The summed E-state index contributed by atoms with van der Waals surface area (Å²) in [6.07, 6.45) is 3.60. The average Bonchev–Trinajstić information content (AvgIpc) is 3.34. The van der Waals surface area contributed by atoms with Crippen LogP contribution in [0.15, 0.2) is 24.3 Å². The number of nitrogens with zero attached hydrogens (tertiary/aromatic N) is 5. The van der Waals surface area contributed by atoms with Crippen molar-refractivity contribution in [3.8, 4) is 5.69 Å². The topological polar surface area (TPSA) is 54.3 Å². The number of carbonyl (C=O) groups excluding carboxylic acids is 1. The summed E-state index contributed by atoms with van der Waals surface area (Å²) in [7, 11) is 0. The number of likely N-dealkylation sites (tertiary alicyclic amines) is 2. The lowest BCUT2D eigenvalue weighted by molar-refractivity contribution is 0.0773. The molecule has 6 nitrogen and oxygen atoms in total. The molecule has 1 atom stereocenters. The lowest BCUT2D eigenvalue weighted by Gasteiger charge is -2.23. The van der Waals surface area contributed by atoms with Gasteiger partial charge in [0.05, 0.1) is 11.4 Å². The second kappa shape index (κ2) is 6.77. The van der Waals surface area contributed by atoms with Gasteiger partial charge in [-0.1, -0.05) is 22.9 Å². The number of halogens is 1. The van der Waals surface area contributed by atoms with Gasteiger partial charge in [0.2, 0.25) is 0 Å². The number of aromatic nitrogens is 3. The smallest absolute Gasteiger partial charge is 0.276 e. The van der Waals surface area contributed by atoms with Gasteiger partial charge < -0.3 is 4.90 Å². The van der Waals surface area contributed by atoms with E-state index in [0.29, 0.717) is 16.8 Å². The van der Waals surface area contributed by atoms with Crippen LogP contribution in [0.3, 0.4) is 0 Å². The van der Waals surface area contributed by atoms with Crippen LogP contribution in [0, 0.1) is 6.92 Å². The second-order valence-corrected chi connectivity index (χ2v) is 7.29. The Morgan fingerprint density at radius 2 is 2.04 bits per heavy atom. The molecule has 25 heavy (non-hydrogen) atoms. The number of amides is 1. The molecular weight excluding hydrogens is 338 g/mol. The molecule has 3 heterocycles. The van der Waals surface area contributed by atoms with Crippen LogP contribution in [0.5, 0.6) is 0 Å². The Bertz CT molecular complexity index is 784. The molecule has 2 aliphatic rings. The highest BCUT2D eigenvalue weighted by molar-refractivity contribution is 6.30.